The molecule has 0 saturated heterocycles. The topological polar surface area (TPSA) is 29.5 Å². The van der Waals surface area contributed by atoms with Crippen molar-refractivity contribution < 1.29 is 9.53 Å². The summed E-state index contributed by atoms with van der Waals surface area (Å²) >= 11 is 0. The molecule has 1 aromatic rings. The van der Waals surface area contributed by atoms with Gasteiger partial charge in [0.15, 0.2) is 0 Å². The molecule has 0 aliphatic carbocycles. The van der Waals surface area contributed by atoms with Crippen molar-refractivity contribution in [1.29, 1.82) is 0 Å². The Labute approximate surface area is 116 Å². The Kier molecular flexibility index (Phi) is 7.19. The molecule has 106 valence electrons. The van der Waals surface area contributed by atoms with E-state index in [-0.39, 0.29) is 11.9 Å². The quantitative estimate of drug-likeness (QED) is 0.675. The minimum Gasteiger partial charge on any atom is -0.466 e. The van der Waals surface area contributed by atoms with Gasteiger partial charge in [-0.1, -0.05) is 30.3 Å². The van der Waals surface area contributed by atoms with Gasteiger partial charge in [-0.25, -0.2) is 0 Å². The Morgan fingerprint density at radius 1 is 1.26 bits per heavy atom. The van der Waals surface area contributed by atoms with Gasteiger partial charge in [0.2, 0.25) is 0 Å². The van der Waals surface area contributed by atoms with Crippen molar-refractivity contribution >= 4 is 5.97 Å². The molecule has 19 heavy (non-hydrogen) atoms. The molecule has 0 saturated carbocycles. The van der Waals surface area contributed by atoms with Crippen LogP contribution in [0.1, 0.15) is 25.3 Å². The van der Waals surface area contributed by atoms with Gasteiger partial charge in [-0.3, -0.25) is 4.79 Å². The van der Waals surface area contributed by atoms with Crippen LogP contribution in [0.3, 0.4) is 0 Å². The van der Waals surface area contributed by atoms with E-state index in [0.717, 1.165) is 25.8 Å². The van der Waals surface area contributed by atoms with Crippen molar-refractivity contribution in [3.8, 4) is 0 Å². The summed E-state index contributed by atoms with van der Waals surface area (Å²) in [7, 11) is 4.10. The Bertz CT molecular complexity index is 362. The van der Waals surface area contributed by atoms with Crippen LogP contribution < -0.4 is 0 Å². The molecule has 0 amide bonds. The number of carbonyl (C=O) groups is 1. The average Bonchev–Trinajstić information content (AvgIpc) is 2.38. The fourth-order valence-corrected chi connectivity index (χ4v) is 2.12. The Balaban J connectivity index is 2.56. The molecule has 0 fully saturated rings. The normalized spacial score (nSPS) is 12.4. The second-order valence-electron chi connectivity index (χ2n) is 5.08. The summed E-state index contributed by atoms with van der Waals surface area (Å²) in [6, 6.07) is 10.2. The monoisotopic (exact) mass is 263 g/mol. The van der Waals surface area contributed by atoms with E-state index in [9.17, 15) is 4.79 Å². The molecular formula is C16H25NO2. The smallest absolute Gasteiger partial charge is 0.309 e. The summed E-state index contributed by atoms with van der Waals surface area (Å²) in [6.07, 6.45) is 2.67. The van der Waals surface area contributed by atoms with E-state index in [1.54, 1.807) is 0 Å². The van der Waals surface area contributed by atoms with Crippen LogP contribution in [0.25, 0.3) is 0 Å². The minimum atomic E-state index is -0.0647. The Morgan fingerprint density at radius 2 is 1.95 bits per heavy atom. The van der Waals surface area contributed by atoms with E-state index < -0.39 is 0 Å². The zero-order valence-electron chi connectivity index (χ0n) is 12.3. The van der Waals surface area contributed by atoms with E-state index in [4.69, 9.17) is 4.74 Å². The largest absolute Gasteiger partial charge is 0.466 e. The van der Waals surface area contributed by atoms with Gasteiger partial charge in [-0.2, -0.15) is 0 Å². The van der Waals surface area contributed by atoms with Gasteiger partial charge in [-0.15, -0.1) is 0 Å². The molecule has 0 N–H and O–H groups in total. The molecule has 1 atom stereocenters. The van der Waals surface area contributed by atoms with Crippen LogP contribution in [0.5, 0.6) is 0 Å². The molecule has 3 heteroatoms. The number of hydrogen-bond donors (Lipinski definition) is 0. The molecule has 1 aromatic carbocycles. The Hall–Kier alpha value is -1.35. The molecule has 0 bridgehead atoms. The maximum atomic E-state index is 12.0. The van der Waals surface area contributed by atoms with Crippen molar-refractivity contribution in [3.05, 3.63) is 35.9 Å². The van der Waals surface area contributed by atoms with E-state index in [0.29, 0.717) is 6.61 Å². The summed E-state index contributed by atoms with van der Waals surface area (Å²) < 4.78 is 5.18. The van der Waals surface area contributed by atoms with Crippen molar-refractivity contribution in [3.63, 3.8) is 0 Å². The molecule has 0 aliphatic heterocycles. The molecule has 3 nitrogen and oxygen atoms in total. The highest BCUT2D eigenvalue weighted by molar-refractivity contribution is 5.72. The van der Waals surface area contributed by atoms with E-state index >= 15 is 0 Å². The zero-order valence-corrected chi connectivity index (χ0v) is 12.3. The maximum Gasteiger partial charge on any atom is 0.309 e. The lowest BCUT2D eigenvalue weighted by Gasteiger charge is -2.17. The molecular weight excluding hydrogens is 238 g/mol. The van der Waals surface area contributed by atoms with Gasteiger partial charge >= 0.3 is 5.97 Å². The molecule has 0 radical (unpaired) electrons. The molecule has 1 rings (SSSR count). The molecule has 0 aromatic heterocycles. The fourth-order valence-electron chi connectivity index (χ4n) is 2.12. The van der Waals surface area contributed by atoms with E-state index in [2.05, 4.69) is 31.1 Å². The number of ether oxygens (including phenoxy) is 1. The minimum absolute atomic E-state index is 0.0256. The standard InChI is InChI=1S/C16H25NO2/c1-4-19-16(18)15(11-8-12-17(2)3)13-14-9-6-5-7-10-14/h5-7,9-10,15H,4,8,11-13H2,1-3H3/t15-/m1/s1. The maximum absolute atomic E-state index is 12.0. The van der Waals surface area contributed by atoms with Crippen molar-refractivity contribution in [1.82, 2.24) is 4.90 Å². The van der Waals surface area contributed by atoms with Crippen LogP contribution in [-0.2, 0) is 16.0 Å². The van der Waals surface area contributed by atoms with Gasteiger partial charge in [0.05, 0.1) is 12.5 Å². The molecule has 0 aliphatic rings. The number of hydrogen-bond acceptors (Lipinski definition) is 3. The second-order valence-corrected chi connectivity index (χ2v) is 5.08. The third kappa shape index (κ3) is 6.39. The van der Waals surface area contributed by atoms with Crippen LogP contribution >= 0.6 is 0 Å². The van der Waals surface area contributed by atoms with Crippen LogP contribution in [0.4, 0.5) is 0 Å². The average molecular weight is 263 g/mol. The Morgan fingerprint density at radius 3 is 2.53 bits per heavy atom. The third-order valence-electron chi connectivity index (χ3n) is 3.10. The highest BCUT2D eigenvalue weighted by Gasteiger charge is 2.19. The zero-order chi connectivity index (χ0) is 14.1. The lowest BCUT2D eigenvalue weighted by molar-refractivity contribution is -0.148. The number of nitrogens with zero attached hydrogens (tertiary/aromatic N) is 1. The summed E-state index contributed by atoms with van der Waals surface area (Å²) in [6.45, 7) is 3.32. The van der Waals surface area contributed by atoms with Crippen LogP contribution in [0.2, 0.25) is 0 Å². The van der Waals surface area contributed by atoms with E-state index in [1.807, 2.05) is 25.1 Å². The molecule has 0 spiro atoms. The lowest BCUT2D eigenvalue weighted by Crippen LogP contribution is -2.22. The lowest BCUT2D eigenvalue weighted by atomic mass is 9.95. The number of benzene rings is 1. The van der Waals surface area contributed by atoms with Crippen molar-refractivity contribution in [2.75, 3.05) is 27.2 Å². The highest BCUT2D eigenvalue weighted by atomic mass is 16.5. The van der Waals surface area contributed by atoms with Crippen LogP contribution in [0.15, 0.2) is 30.3 Å². The summed E-state index contributed by atoms with van der Waals surface area (Å²) in [5.41, 5.74) is 1.20. The first-order valence-corrected chi connectivity index (χ1v) is 6.98. The molecule has 0 heterocycles. The van der Waals surface area contributed by atoms with Crippen LogP contribution in [-0.4, -0.2) is 38.1 Å². The number of rotatable bonds is 8. The van der Waals surface area contributed by atoms with Gasteiger partial charge in [0, 0.05) is 0 Å². The summed E-state index contributed by atoms with van der Waals surface area (Å²) in [4.78, 5) is 14.1. The fraction of sp³-hybridized carbons (Fsp3) is 0.562. The predicted octanol–water partition coefficient (Wildman–Crippen LogP) is 2.75. The van der Waals surface area contributed by atoms with Crippen molar-refractivity contribution in [2.24, 2.45) is 5.92 Å². The number of esters is 1. The SMILES string of the molecule is CCOC(=O)[C@H](CCCN(C)C)Cc1ccccc1. The third-order valence-corrected chi connectivity index (χ3v) is 3.10. The predicted molar refractivity (Wildman–Crippen MR) is 78.1 cm³/mol. The first-order chi connectivity index (χ1) is 9.13. The van der Waals surface area contributed by atoms with Crippen LogP contribution in [0, 0.1) is 5.92 Å². The van der Waals surface area contributed by atoms with Gasteiger partial charge < -0.3 is 9.64 Å². The van der Waals surface area contributed by atoms with Gasteiger partial charge in [0.1, 0.15) is 0 Å². The first-order valence-electron chi connectivity index (χ1n) is 6.98. The molecule has 0 unspecified atom stereocenters. The number of carbonyl (C=O) groups excluding carboxylic acids is 1. The summed E-state index contributed by atoms with van der Waals surface area (Å²) in [5.74, 6) is -0.0904. The summed E-state index contributed by atoms with van der Waals surface area (Å²) in [5, 5.41) is 0. The first kappa shape index (κ1) is 15.7. The highest BCUT2D eigenvalue weighted by Crippen LogP contribution is 2.16. The second kappa shape index (κ2) is 8.70. The van der Waals surface area contributed by atoms with Crippen molar-refractivity contribution in [2.45, 2.75) is 26.2 Å². The van der Waals surface area contributed by atoms with Gasteiger partial charge in [-0.05, 0) is 52.4 Å². The van der Waals surface area contributed by atoms with E-state index in [1.165, 1.54) is 5.56 Å². The van der Waals surface area contributed by atoms with Gasteiger partial charge in [0.25, 0.3) is 0 Å².